The molecule has 0 amide bonds. The molecular weight excluding hydrogens is 168 g/mol. The fourth-order valence-electron chi connectivity index (χ4n) is 1.83. The van der Waals surface area contributed by atoms with Gasteiger partial charge < -0.3 is 0 Å². The Labute approximate surface area is 85.3 Å². The molecule has 0 saturated heterocycles. The van der Waals surface area contributed by atoms with Gasteiger partial charge in [-0.05, 0) is 29.6 Å². The number of hydrogen-bond acceptors (Lipinski definition) is 0. The van der Waals surface area contributed by atoms with Crippen LogP contribution in [-0.2, 0) is 0 Å². The van der Waals surface area contributed by atoms with Crippen LogP contribution in [0.1, 0.15) is 12.8 Å². The summed E-state index contributed by atoms with van der Waals surface area (Å²) in [7, 11) is 0. The lowest BCUT2D eigenvalue weighted by Gasteiger charge is -2.09. The molecule has 0 spiro atoms. The molecule has 0 aromatic carbocycles. The van der Waals surface area contributed by atoms with Crippen LogP contribution in [0.2, 0.25) is 0 Å². The zero-order valence-corrected chi connectivity index (χ0v) is 8.24. The van der Waals surface area contributed by atoms with Crippen molar-refractivity contribution in [2.24, 2.45) is 0 Å². The van der Waals surface area contributed by atoms with Gasteiger partial charge in [0.1, 0.15) is 0 Å². The number of allylic oxidation sites excluding steroid dienone is 11. The lowest BCUT2D eigenvalue weighted by Crippen LogP contribution is -1.90. The minimum Gasteiger partial charge on any atom is -0.0990 e. The molecule has 0 unspecified atom stereocenters. The van der Waals surface area contributed by atoms with E-state index in [0.29, 0.717) is 0 Å². The van der Waals surface area contributed by atoms with Crippen molar-refractivity contribution in [3.05, 3.63) is 71.9 Å². The first kappa shape index (κ1) is 9.01. The minimum atomic E-state index is 1.05. The van der Waals surface area contributed by atoms with E-state index in [4.69, 9.17) is 0 Å². The maximum Gasteiger partial charge on any atom is -0.00883 e. The minimum absolute atomic E-state index is 1.05. The maximum absolute atomic E-state index is 3.77. The van der Waals surface area contributed by atoms with E-state index < -0.39 is 0 Å². The van der Waals surface area contributed by atoms with Crippen molar-refractivity contribution in [1.82, 2.24) is 0 Å². The molecule has 0 nitrogen and oxygen atoms in total. The average molecular weight is 182 g/mol. The van der Waals surface area contributed by atoms with Gasteiger partial charge in [-0.25, -0.2) is 0 Å². The summed E-state index contributed by atoms with van der Waals surface area (Å²) in [4.78, 5) is 0. The highest BCUT2D eigenvalue weighted by Gasteiger charge is 2.11. The first-order valence-electron chi connectivity index (χ1n) is 4.96. The maximum atomic E-state index is 3.77. The Morgan fingerprint density at radius 2 is 1.64 bits per heavy atom. The largest absolute Gasteiger partial charge is 0.0990 e. The summed E-state index contributed by atoms with van der Waals surface area (Å²) in [5.41, 5.74) is 4.15. The molecule has 0 aliphatic heterocycles. The monoisotopic (exact) mass is 182 g/mol. The van der Waals surface area contributed by atoms with Crippen molar-refractivity contribution >= 4 is 0 Å². The first-order chi connectivity index (χ1) is 6.92. The van der Waals surface area contributed by atoms with E-state index in [-0.39, 0.29) is 0 Å². The highest BCUT2D eigenvalue weighted by Crippen LogP contribution is 2.30. The second kappa shape index (κ2) is 4.10. The molecule has 0 fully saturated rings. The van der Waals surface area contributed by atoms with Gasteiger partial charge in [0, 0.05) is 0 Å². The van der Waals surface area contributed by atoms with Gasteiger partial charge in [0.05, 0.1) is 0 Å². The van der Waals surface area contributed by atoms with Gasteiger partial charge in [0.15, 0.2) is 0 Å². The average Bonchev–Trinajstić information content (AvgIpc) is 2.87. The highest BCUT2D eigenvalue weighted by atomic mass is 14.2. The predicted molar refractivity (Wildman–Crippen MR) is 62.0 cm³/mol. The molecule has 0 aromatic heterocycles. The molecule has 0 heterocycles. The lowest BCUT2D eigenvalue weighted by atomic mass is 9.96. The molecule has 14 heavy (non-hydrogen) atoms. The topological polar surface area (TPSA) is 0 Å². The third-order valence-electron chi connectivity index (χ3n) is 2.52. The molecular formula is C14H14. The smallest absolute Gasteiger partial charge is 0.00883 e. The summed E-state index contributed by atoms with van der Waals surface area (Å²) in [6.45, 7) is 3.77. The van der Waals surface area contributed by atoms with Gasteiger partial charge in [-0.1, -0.05) is 55.2 Å². The van der Waals surface area contributed by atoms with Crippen LogP contribution in [0.15, 0.2) is 71.9 Å². The molecule has 0 bridgehead atoms. The van der Waals surface area contributed by atoms with Crippen LogP contribution < -0.4 is 0 Å². The highest BCUT2D eigenvalue weighted by molar-refractivity contribution is 5.54. The third kappa shape index (κ3) is 1.69. The Kier molecular flexibility index (Phi) is 2.64. The van der Waals surface area contributed by atoms with Gasteiger partial charge in [-0.15, -0.1) is 0 Å². The van der Waals surface area contributed by atoms with E-state index in [2.05, 4.69) is 49.1 Å². The first-order valence-corrected chi connectivity index (χ1v) is 4.96. The Balaban J connectivity index is 2.25. The summed E-state index contributed by atoms with van der Waals surface area (Å²) >= 11 is 0. The number of rotatable bonds is 3. The van der Waals surface area contributed by atoms with Crippen LogP contribution in [0.4, 0.5) is 0 Å². The van der Waals surface area contributed by atoms with Crippen molar-refractivity contribution in [3.8, 4) is 0 Å². The molecule has 0 saturated carbocycles. The van der Waals surface area contributed by atoms with Crippen molar-refractivity contribution < 1.29 is 0 Å². The molecule has 0 radical (unpaired) electrons. The Morgan fingerprint density at radius 3 is 2.00 bits per heavy atom. The van der Waals surface area contributed by atoms with Crippen LogP contribution in [0.5, 0.6) is 0 Å². The van der Waals surface area contributed by atoms with Crippen LogP contribution in [0.25, 0.3) is 0 Å². The van der Waals surface area contributed by atoms with Crippen molar-refractivity contribution in [1.29, 1.82) is 0 Å². The van der Waals surface area contributed by atoms with E-state index in [1.807, 2.05) is 6.08 Å². The van der Waals surface area contributed by atoms with Crippen LogP contribution in [0.3, 0.4) is 0 Å². The molecule has 2 rings (SSSR count). The summed E-state index contributed by atoms with van der Waals surface area (Å²) in [6.07, 6.45) is 19.1. The predicted octanol–water partition coefficient (Wildman–Crippen LogP) is 3.87. The fourth-order valence-corrected chi connectivity index (χ4v) is 1.83. The Morgan fingerprint density at radius 1 is 1.07 bits per heavy atom. The van der Waals surface area contributed by atoms with Gasteiger partial charge in [0.2, 0.25) is 0 Å². The molecule has 2 aliphatic rings. The Bertz CT molecular complexity index is 352. The van der Waals surface area contributed by atoms with E-state index in [1.54, 1.807) is 0 Å². The van der Waals surface area contributed by atoms with E-state index in [9.17, 15) is 0 Å². The van der Waals surface area contributed by atoms with Gasteiger partial charge in [-0.2, -0.15) is 0 Å². The second-order valence-electron chi connectivity index (χ2n) is 3.46. The molecule has 0 heteroatoms. The van der Waals surface area contributed by atoms with E-state index in [1.165, 1.54) is 16.7 Å². The van der Waals surface area contributed by atoms with Gasteiger partial charge >= 0.3 is 0 Å². The SMILES string of the molecule is C=CC=C(C1=CC=CC1)C1=CC=CC1. The fraction of sp³-hybridized carbons (Fsp3) is 0.143. The summed E-state index contributed by atoms with van der Waals surface area (Å²) < 4.78 is 0. The molecule has 0 aromatic rings. The van der Waals surface area contributed by atoms with Crippen LogP contribution in [0, 0.1) is 0 Å². The third-order valence-corrected chi connectivity index (χ3v) is 2.52. The van der Waals surface area contributed by atoms with Crippen molar-refractivity contribution in [2.45, 2.75) is 12.8 Å². The zero-order chi connectivity index (χ0) is 9.80. The quantitative estimate of drug-likeness (QED) is 0.581. The molecule has 2 aliphatic carbocycles. The summed E-state index contributed by atoms with van der Waals surface area (Å²) in [5, 5.41) is 0. The van der Waals surface area contributed by atoms with Crippen LogP contribution in [-0.4, -0.2) is 0 Å². The van der Waals surface area contributed by atoms with Gasteiger partial charge in [0.25, 0.3) is 0 Å². The van der Waals surface area contributed by atoms with E-state index >= 15 is 0 Å². The summed E-state index contributed by atoms with van der Waals surface area (Å²) in [5.74, 6) is 0. The summed E-state index contributed by atoms with van der Waals surface area (Å²) in [6, 6.07) is 0. The number of hydrogen-bond donors (Lipinski definition) is 0. The zero-order valence-electron chi connectivity index (χ0n) is 8.24. The Hall–Kier alpha value is -1.56. The molecule has 0 atom stereocenters. The van der Waals surface area contributed by atoms with Crippen molar-refractivity contribution in [3.63, 3.8) is 0 Å². The van der Waals surface area contributed by atoms with Crippen LogP contribution >= 0.6 is 0 Å². The normalized spacial score (nSPS) is 18.0. The lowest BCUT2D eigenvalue weighted by molar-refractivity contribution is 1.19. The van der Waals surface area contributed by atoms with Gasteiger partial charge in [-0.3, -0.25) is 0 Å². The second-order valence-corrected chi connectivity index (χ2v) is 3.46. The van der Waals surface area contributed by atoms with Crippen molar-refractivity contribution in [2.75, 3.05) is 0 Å². The molecule has 0 N–H and O–H groups in total. The van der Waals surface area contributed by atoms with E-state index in [0.717, 1.165) is 12.8 Å². The standard InChI is InChI=1S/C14H14/c1-2-7-14(12-8-3-4-9-12)13-10-5-6-11-13/h2-8,10H,1,9,11H2. The molecule has 70 valence electrons.